The Balaban J connectivity index is 2.62. The van der Waals surface area contributed by atoms with Crippen molar-refractivity contribution in [3.63, 3.8) is 0 Å². The number of hydrogen-bond acceptors (Lipinski definition) is 3. The van der Waals surface area contributed by atoms with Gasteiger partial charge in [0.05, 0.1) is 11.2 Å². The van der Waals surface area contributed by atoms with Gasteiger partial charge in [-0.25, -0.2) is 9.78 Å². The molecule has 0 aliphatic carbocycles. The summed E-state index contributed by atoms with van der Waals surface area (Å²) in [6.07, 6.45) is 0. The Morgan fingerprint density at radius 1 is 1.38 bits per heavy atom. The molecule has 0 saturated heterocycles. The van der Waals surface area contributed by atoms with Crippen LogP contribution in [0.2, 0.25) is 0 Å². The summed E-state index contributed by atoms with van der Waals surface area (Å²) in [4.78, 5) is 15.5. The van der Waals surface area contributed by atoms with Gasteiger partial charge in [-0.05, 0) is 25.5 Å². The van der Waals surface area contributed by atoms with Gasteiger partial charge < -0.3 is 5.11 Å². The van der Waals surface area contributed by atoms with Crippen LogP contribution in [0.1, 0.15) is 20.8 Å². The molecule has 2 aromatic rings. The average molecular weight is 233 g/mol. The third-order valence-electron chi connectivity index (χ3n) is 2.41. The monoisotopic (exact) mass is 233 g/mol. The smallest absolute Gasteiger partial charge is 0.348 e. The van der Waals surface area contributed by atoms with E-state index in [0.29, 0.717) is 10.6 Å². The van der Waals surface area contributed by atoms with E-state index in [0.717, 1.165) is 28.0 Å². The zero-order valence-electron chi connectivity index (χ0n) is 9.02. The predicted octanol–water partition coefficient (Wildman–Crippen LogP) is 3.13. The normalized spacial score (nSPS) is 10.4. The van der Waals surface area contributed by atoms with Gasteiger partial charge >= 0.3 is 5.97 Å². The van der Waals surface area contributed by atoms with Crippen molar-refractivity contribution >= 4 is 17.3 Å². The van der Waals surface area contributed by atoms with Crippen LogP contribution in [0.15, 0.2) is 23.7 Å². The molecular formula is C12H11NO2S. The van der Waals surface area contributed by atoms with Gasteiger partial charge in [-0.1, -0.05) is 17.7 Å². The molecule has 1 aromatic heterocycles. The first-order valence-corrected chi connectivity index (χ1v) is 5.72. The van der Waals surface area contributed by atoms with Gasteiger partial charge in [0, 0.05) is 5.56 Å². The predicted molar refractivity (Wildman–Crippen MR) is 64.0 cm³/mol. The van der Waals surface area contributed by atoms with Gasteiger partial charge in [-0.3, -0.25) is 0 Å². The van der Waals surface area contributed by atoms with Crippen molar-refractivity contribution in [2.45, 2.75) is 13.8 Å². The van der Waals surface area contributed by atoms with Crippen LogP contribution in [0.25, 0.3) is 11.3 Å². The van der Waals surface area contributed by atoms with Gasteiger partial charge in [-0.15, -0.1) is 11.3 Å². The molecule has 0 aliphatic rings. The summed E-state index contributed by atoms with van der Waals surface area (Å²) < 4.78 is 0. The number of carboxylic acids is 1. The second-order valence-corrected chi connectivity index (χ2v) is 4.51. The Hall–Kier alpha value is -1.68. The minimum Gasteiger partial charge on any atom is -0.477 e. The Morgan fingerprint density at radius 2 is 2.12 bits per heavy atom. The molecule has 0 aliphatic heterocycles. The molecule has 4 heteroatoms. The number of rotatable bonds is 2. The Bertz CT molecular complexity index is 546. The highest BCUT2D eigenvalue weighted by molar-refractivity contribution is 7.12. The molecule has 0 amide bonds. The van der Waals surface area contributed by atoms with E-state index in [1.165, 1.54) is 0 Å². The highest BCUT2D eigenvalue weighted by atomic mass is 32.1. The van der Waals surface area contributed by atoms with E-state index in [4.69, 9.17) is 5.11 Å². The average Bonchev–Trinajstić information content (AvgIpc) is 2.70. The van der Waals surface area contributed by atoms with Crippen LogP contribution < -0.4 is 0 Å². The molecule has 0 radical (unpaired) electrons. The van der Waals surface area contributed by atoms with Crippen molar-refractivity contribution in [1.82, 2.24) is 4.98 Å². The van der Waals surface area contributed by atoms with Crippen molar-refractivity contribution in [2.24, 2.45) is 0 Å². The van der Waals surface area contributed by atoms with E-state index in [1.807, 2.05) is 32.0 Å². The maximum atomic E-state index is 11.0. The van der Waals surface area contributed by atoms with Crippen molar-refractivity contribution < 1.29 is 9.90 Å². The van der Waals surface area contributed by atoms with E-state index in [1.54, 1.807) is 5.51 Å². The van der Waals surface area contributed by atoms with E-state index in [9.17, 15) is 4.79 Å². The SMILES string of the molecule is Cc1ccc(C)c(-c2ncsc2C(=O)O)c1. The van der Waals surface area contributed by atoms with Crippen LogP contribution in [-0.4, -0.2) is 16.1 Å². The maximum Gasteiger partial charge on any atom is 0.348 e. The second kappa shape index (κ2) is 4.06. The zero-order chi connectivity index (χ0) is 11.7. The first kappa shape index (κ1) is 10.8. The third kappa shape index (κ3) is 1.84. The van der Waals surface area contributed by atoms with E-state index >= 15 is 0 Å². The first-order chi connectivity index (χ1) is 7.59. The molecule has 0 spiro atoms. The van der Waals surface area contributed by atoms with E-state index < -0.39 is 5.97 Å². The number of hydrogen-bond donors (Lipinski definition) is 1. The van der Waals surface area contributed by atoms with Crippen LogP contribution in [0.4, 0.5) is 0 Å². The molecule has 2 rings (SSSR count). The summed E-state index contributed by atoms with van der Waals surface area (Å²) in [5.41, 5.74) is 5.18. The fourth-order valence-corrected chi connectivity index (χ4v) is 2.22. The first-order valence-electron chi connectivity index (χ1n) is 4.84. The highest BCUT2D eigenvalue weighted by Gasteiger charge is 2.16. The van der Waals surface area contributed by atoms with Gasteiger partial charge in [0.1, 0.15) is 4.88 Å². The largest absolute Gasteiger partial charge is 0.477 e. The molecule has 0 fully saturated rings. The standard InChI is InChI=1S/C12H11NO2S/c1-7-3-4-8(2)9(5-7)10-11(12(14)15)16-6-13-10/h3-6H,1-2H3,(H,14,15). The Morgan fingerprint density at radius 3 is 2.81 bits per heavy atom. The summed E-state index contributed by atoms with van der Waals surface area (Å²) in [7, 11) is 0. The summed E-state index contributed by atoms with van der Waals surface area (Å²) >= 11 is 1.16. The summed E-state index contributed by atoms with van der Waals surface area (Å²) in [6.45, 7) is 3.94. The van der Waals surface area contributed by atoms with Crippen molar-refractivity contribution in [1.29, 1.82) is 0 Å². The molecule has 3 nitrogen and oxygen atoms in total. The van der Waals surface area contributed by atoms with Gasteiger partial charge in [0.25, 0.3) is 0 Å². The summed E-state index contributed by atoms with van der Waals surface area (Å²) in [6, 6.07) is 5.96. The van der Waals surface area contributed by atoms with E-state index in [-0.39, 0.29) is 0 Å². The molecule has 1 N–H and O–H groups in total. The van der Waals surface area contributed by atoms with Crippen LogP contribution >= 0.6 is 11.3 Å². The molecule has 0 saturated carbocycles. The zero-order valence-corrected chi connectivity index (χ0v) is 9.84. The van der Waals surface area contributed by atoms with E-state index in [2.05, 4.69) is 4.98 Å². The fraction of sp³-hybridized carbons (Fsp3) is 0.167. The van der Waals surface area contributed by atoms with Gasteiger partial charge in [-0.2, -0.15) is 0 Å². The lowest BCUT2D eigenvalue weighted by Crippen LogP contribution is -1.96. The summed E-state index contributed by atoms with van der Waals surface area (Å²) in [5, 5.41) is 9.05. The van der Waals surface area contributed by atoms with Crippen molar-refractivity contribution in [3.05, 3.63) is 39.7 Å². The number of aromatic nitrogens is 1. The number of aryl methyl sites for hydroxylation is 2. The number of carboxylic acid groups (broad SMARTS) is 1. The van der Waals surface area contributed by atoms with Crippen LogP contribution in [0, 0.1) is 13.8 Å². The van der Waals surface area contributed by atoms with Gasteiger partial charge in [0.15, 0.2) is 0 Å². The number of nitrogens with zero attached hydrogens (tertiary/aromatic N) is 1. The van der Waals surface area contributed by atoms with Gasteiger partial charge in [0.2, 0.25) is 0 Å². The van der Waals surface area contributed by atoms with Crippen LogP contribution in [0.5, 0.6) is 0 Å². The third-order valence-corrected chi connectivity index (χ3v) is 3.22. The Labute approximate surface area is 97.4 Å². The lowest BCUT2D eigenvalue weighted by Gasteiger charge is -2.05. The topological polar surface area (TPSA) is 50.2 Å². The van der Waals surface area contributed by atoms with Crippen molar-refractivity contribution in [2.75, 3.05) is 0 Å². The lowest BCUT2D eigenvalue weighted by molar-refractivity contribution is 0.0702. The van der Waals surface area contributed by atoms with Crippen molar-refractivity contribution in [3.8, 4) is 11.3 Å². The minimum atomic E-state index is -0.918. The molecular weight excluding hydrogens is 222 g/mol. The lowest BCUT2D eigenvalue weighted by atomic mass is 10.0. The second-order valence-electron chi connectivity index (χ2n) is 3.65. The minimum absolute atomic E-state index is 0.300. The molecule has 82 valence electrons. The molecule has 1 aromatic carbocycles. The Kier molecular flexibility index (Phi) is 2.75. The number of aromatic carboxylic acids is 1. The number of thiazole rings is 1. The molecule has 1 heterocycles. The van der Waals surface area contributed by atoms with Crippen LogP contribution in [0.3, 0.4) is 0 Å². The fourth-order valence-electron chi connectivity index (χ4n) is 1.58. The quantitative estimate of drug-likeness (QED) is 0.867. The molecule has 16 heavy (non-hydrogen) atoms. The number of benzene rings is 1. The molecule has 0 bridgehead atoms. The van der Waals surface area contributed by atoms with Crippen LogP contribution in [-0.2, 0) is 0 Å². The number of carbonyl (C=O) groups is 1. The maximum absolute atomic E-state index is 11.0. The molecule has 0 unspecified atom stereocenters. The molecule has 0 atom stereocenters. The highest BCUT2D eigenvalue weighted by Crippen LogP contribution is 2.28. The summed E-state index contributed by atoms with van der Waals surface area (Å²) in [5.74, 6) is -0.918.